The third-order valence-corrected chi connectivity index (χ3v) is 4.78. The van der Waals surface area contributed by atoms with Crippen molar-refractivity contribution in [1.29, 1.82) is 0 Å². The van der Waals surface area contributed by atoms with Gasteiger partial charge in [-0.3, -0.25) is 0 Å². The maximum atomic E-state index is 6.03. The zero-order valence-electron chi connectivity index (χ0n) is 10.6. The van der Waals surface area contributed by atoms with Crippen LogP contribution < -0.4 is 0 Å². The van der Waals surface area contributed by atoms with Gasteiger partial charge in [0.25, 0.3) is 0 Å². The van der Waals surface area contributed by atoms with Gasteiger partial charge in [-0.05, 0) is 24.2 Å². The van der Waals surface area contributed by atoms with Crippen molar-refractivity contribution in [3.05, 3.63) is 0 Å². The monoisotopic (exact) mass is 290 g/mol. The fourth-order valence-corrected chi connectivity index (χ4v) is 3.20. The van der Waals surface area contributed by atoms with Crippen LogP contribution in [0.15, 0.2) is 0 Å². The van der Waals surface area contributed by atoms with Crippen LogP contribution >= 0.6 is 15.9 Å². The standard InChI is InChI=1S/C13H23BrO2/c1-12(2,3)10-4-6-13(7-5-10)15-9-11(8-14)16-13/h10-11H,4-9H2,1-3H3. The summed E-state index contributed by atoms with van der Waals surface area (Å²) in [5.41, 5.74) is 0.426. The first-order chi connectivity index (χ1) is 7.45. The molecule has 1 saturated carbocycles. The maximum absolute atomic E-state index is 6.03. The highest BCUT2D eigenvalue weighted by Crippen LogP contribution is 2.45. The summed E-state index contributed by atoms with van der Waals surface area (Å²) in [6.45, 7) is 7.78. The van der Waals surface area contributed by atoms with Gasteiger partial charge in [-0.2, -0.15) is 0 Å². The van der Waals surface area contributed by atoms with E-state index in [0.717, 1.165) is 30.7 Å². The van der Waals surface area contributed by atoms with E-state index in [9.17, 15) is 0 Å². The Kier molecular flexibility index (Phi) is 3.68. The zero-order chi connectivity index (χ0) is 11.8. The molecule has 2 nitrogen and oxygen atoms in total. The Hall–Kier alpha value is 0.400. The van der Waals surface area contributed by atoms with Crippen molar-refractivity contribution in [2.75, 3.05) is 11.9 Å². The summed E-state index contributed by atoms with van der Waals surface area (Å²) in [5, 5.41) is 0.886. The summed E-state index contributed by atoms with van der Waals surface area (Å²) in [4.78, 5) is 0. The van der Waals surface area contributed by atoms with Crippen LogP contribution in [0, 0.1) is 11.3 Å². The van der Waals surface area contributed by atoms with Crippen molar-refractivity contribution in [3.63, 3.8) is 0 Å². The molecule has 1 aliphatic carbocycles. The SMILES string of the molecule is CC(C)(C)C1CCC2(CC1)OCC(CBr)O2. The van der Waals surface area contributed by atoms with E-state index in [1.807, 2.05) is 0 Å². The summed E-state index contributed by atoms with van der Waals surface area (Å²) < 4.78 is 11.9. The van der Waals surface area contributed by atoms with Gasteiger partial charge < -0.3 is 9.47 Å². The number of hydrogen-bond donors (Lipinski definition) is 0. The Labute approximate surface area is 107 Å². The normalized spacial score (nSPS) is 40.5. The van der Waals surface area contributed by atoms with Crippen molar-refractivity contribution in [3.8, 4) is 0 Å². The van der Waals surface area contributed by atoms with Gasteiger partial charge in [0.05, 0.1) is 12.7 Å². The van der Waals surface area contributed by atoms with E-state index in [-0.39, 0.29) is 11.9 Å². The minimum Gasteiger partial charge on any atom is -0.347 e. The Morgan fingerprint density at radius 2 is 1.88 bits per heavy atom. The third-order valence-electron chi connectivity index (χ3n) is 4.06. The van der Waals surface area contributed by atoms with Crippen LogP contribution in [0.4, 0.5) is 0 Å². The molecule has 2 rings (SSSR count). The van der Waals surface area contributed by atoms with Crippen LogP contribution in [0.25, 0.3) is 0 Å². The fourth-order valence-electron chi connectivity index (χ4n) is 2.88. The van der Waals surface area contributed by atoms with E-state index in [4.69, 9.17) is 9.47 Å². The van der Waals surface area contributed by atoms with Crippen LogP contribution in [0.1, 0.15) is 46.5 Å². The van der Waals surface area contributed by atoms with E-state index >= 15 is 0 Å². The second kappa shape index (κ2) is 4.58. The van der Waals surface area contributed by atoms with Crippen molar-refractivity contribution < 1.29 is 9.47 Å². The maximum Gasteiger partial charge on any atom is 0.168 e. The topological polar surface area (TPSA) is 18.5 Å². The second-order valence-electron chi connectivity index (χ2n) is 6.26. The highest BCUT2D eigenvalue weighted by atomic mass is 79.9. The van der Waals surface area contributed by atoms with Crippen molar-refractivity contribution >= 4 is 15.9 Å². The lowest BCUT2D eigenvalue weighted by molar-refractivity contribution is -0.194. The lowest BCUT2D eigenvalue weighted by Crippen LogP contribution is -2.38. The first kappa shape index (κ1) is 12.8. The first-order valence-corrected chi connectivity index (χ1v) is 7.45. The molecule has 2 aliphatic rings. The molecular formula is C13H23BrO2. The minimum absolute atomic E-state index is 0.236. The van der Waals surface area contributed by atoms with Gasteiger partial charge in [-0.25, -0.2) is 0 Å². The molecule has 94 valence electrons. The fraction of sp³-hybridized carbons (Fsp3) is 1.00. The molecule has 16 heavy (non-hydrogen) atoms. The van der Waals surface area contributed by atoms with Crippen molar-refractivity contribution in [2.24, 2.45) is 11.3 Å². The number of alkyl halides is 1. The lowest BCUT2D eigenvalue weighted by atomic mass is 9.71. The average molecular weight is 291 g/mol. The van der Waals surface area contributed by atoms with Gasteiger partial charge in [0, 0.05) is 18.2 Å². The van der Waals surface area contributed by atoms with Crippen molar-refractivity contribution in [1.82, 2.24) is 0 Å². The minimum atomic E-state index is -0.236. The van der Waals surface area contributed by atoms with Crippen LogP contribution in [-0.2, 0) is 9.47 Å². The molecule has 0 bridgehead atoms. The number of rotatable bonds is 1. The number of hydrogen-bond acceptors (Lipinski definition) is 2. The molecular weight excluding hydrogens is 268 g/mol. The summed E-state index contributed by atoms with van der Waals surface area (Å²) >= 11 is 3.46. The Morgan fingerprint density at radius 3 is 2.31 bits per heavy atom. The second-order valence-corrected chi connectivity index (χ2v) is 6.90. The average Bonchev–Trinajstić information content (AvgIpc) is 2.61. The molecule has 1 heterocycles. The summed E-state index contributed by atoms with van der Waals surface area (Å²) in [5.74, 6) is 0.577. The van der Waals surface area contributed by atoms with Gasteiger partial charge in [0.1, 0.15) is 0 Å². The largest absolute Gasteiger partial charge is 0.347 e. The van der Waals surface area contributed by atoms with Crippen LogP contribution in [-0.4, -0.2) is 23.8 Å². The highest BCUT2D eigenvalue weighted by Gasteiger charge is 2.45. The quantitative estimate of drug-likeness (QED) is 0.685. The Morgan fingerprint density at radius 1 is 1.25 bits per heavy atom. The molecule has 1 saturated heterocycles. The lowest BCUT2D eigenvalue weighted by Gasteiger charge is -2.41. The van der Waals surface area contributed by atoms with Crippen LogP contribution in [0.2, 0.25) is 0 Å². The zero-order valence-corrected chi connectivity index (χ0v) is 12.2. The molecule has 0 amide bonds. The Balaban J connectivity index is 1.90. The molecule has 3 heteroatoms. The summed E-state index contributed by atoms with van der Waals surface area (Å²) in [7, 11) is 0. The molecule has 2 fully saturated rings. The molecule has 0 aromatic rings. The highest BCUT2D eigenvalue weighted by molar-refractivity contribution is 9.09. The molecule has 0 aromatic carbocycles. The molecule has 0 radical (unpaired) electrons. The number of ether oxygens (including phenoxy) is 2. The molecule has 1 atom stereocenters. The number of halogens is 1. The summed E-state index contributed by atoms with van der Waals surface area (Å²) in [6, 6.07) is 0. The van der Waals surface area contributed by atoms with Gasteiger partial charge in [0.15, 0.2) is 5.79 Å². The van der Waals surface area contributed by atoms with Crippen molar-refractivity contribution in [2.45, 2.75) is 58.3 Å². The van der Waals surface area contributed by atoms with Gasteiger partial charge >= 0.3 is 0 Å². The van der Waals surface area contributed by atoms with E-state index in [2.05, 4.69) is 36.7 Å². The third kappa shape index (κ3) is 2.62. The van der Waals surface area contributed by atoms with Gasteiger partial charge in [-0.15, -0.1) is 0 Å². The Bertz CT molecular complexity index is 239. The van der Waals surface area contributed by atoms with Gasteiger partial charge in [-0.1, -0.05) is 36.7 Å². The first-order valence-electron chi connectivity index (χ1n) is 6.33. The molecule has 0 aromatic heterocycles. The van der Waals surface area contributed by atoms with E-state index < -0.39 is 0 Å². The van der Waals surface area contributed by atoms with Crippen LogP contribution in [0.3, 0.4) is 0 Å². The summed E-state index contributed by atoms with van der Waals surface area (Å²) in [6.07, 6.45) is 4.86. The van der Waals surface area contributed by atoms with Crippen LogP contribution in [0.5, 0.6) is 0 Å². The molecule has 1 aliphatic heterocycles. The molecule has 0 N–H and O–H groups in total. The molecule has 1 unspecified atom stereocenters. The van der Waals surface area contributed by atoms with Gasteiger partial charge in [0.2, 0.25) is 0 Å². The smallest absolute Gasteiger partial charge is 0.168 e. The van der Waals surface area contributed by atoms with E-state index in [1.54, 1.807) is 0 Å². The van der Waals surface area contributed by atoms with E-state index in [1.165, 1.54) is 12.8 Å². The van der Waals surface area contributed by atoms with E-state index in [0.29, 0.717) is 5.41 Å². The molecule has 1 spiro atoms. The predicted octanol–water partition coefficient (Wildman–Crippen LogP) is 3.73. The predicted molar refractivity (Wildman–Crippen MR) is 68.8 cm³/mol.